The lowest BCUT2D eigenvalue weighted by molar-refractivity contribution is -0.116. The molecule has 0 saturated carbocycles. The van der Waals surface area contributed by atoms with Crippen LogP contribution < -0.4 is 5.32 Å². The maximum atomic E-state index is 12.5. The number of nitrogens with one attached hydrogen (secondary N) is 1. The molecule has 1 N–H and O–H groups in total. The van der Waals surface area contributed by atoms with Gasteiger partial charge in [0.25, 0.3) is 0 Å². The highest BCUT2D eigenvalue weighted by molar-refractivity contribution is 7.19. The zero-order valence-electron chi connectivity index (χ0n) is 18.9. The maximum Gasteiger partial charge on any atom is 0.226 e. The zero-order valence-corrected chi connectivity index (χ0v) is 19.8. The second kappa shape index (κ2) is 8.86. The van der Waals surface area contributed by atoms with Crippen molar-refractivity contribution in [3.05, 3.63) is 47.9 Å². The molecule has 0 aliphatic heterocycles. The smallest absolute Gasteiger partial charge is 0.226 e. The predicted molar refractivity (Wildman–Crippen MR) is 127 cm³/mol. The van der Waals surface area contributed by atoms with Gasteiger partial charge in [0.2, 0.25) is 5.91 Å². The van der Waals surface area contributed by atoms with Gasteiger partial charge in [-0.05, 0) is 52.2 Å². The Morgan fingerprint density at radius 2 is 2.15 bits per heavy atom. The lowest BCUT2D eigenvalue weighted by Gasteiger charge is -2.15. The van der Waals surface area contributed by atoms with Crippen molar-refractivity contribution in [2.24, 2.45) is 0 Å². The van der Waals surface area contributed by atoms with Gasteiger partial charge in [-0.25, -0.2) is 9.97 Å². The van der Waals surface area contributed by atoms with E-state index in [1.807, 2.05) is 19.2 Å². The van der Waals surface area contributed by atoms with Crippen LogP contribution in [0.1, 0.15) is 49.7 Å². The lowest BCUT2D eigenvalue weighted by atomic mass is 9.95. The number of carbonyl (C=O) groups is 1. The molecule has 1 amide bonds. The molecule has 33 heavy (non-hydrogen) atoms. The zero-order chi connectivity index (χ0) is 22.9. The number of thiazole rings is 1. The van der Waals surface area contributed by atoms with Crippen molar-refractivity contribution in [2.45, 2.75) is 59.0 Å². The predicted octanol–water partition coefficient (Wildman–Crippen LogP) is 4.07. The van der Waals surface area contributed by atoms with Gasteiger partial charge in [0.1, 0.15) is 12.7 Å². The first-order valence-electron chi connectivity index (χ1n) is 11.2. The third-order valence-corrected chi connectivity index (χ3v) is 6.73. The van der Waals surface area contributed by atoms with E-state index in [1.165, 1.54) is 23.2 Å². The third-order valence-electron chi connectivity index (χ3n) is 5.71. The normalized spacial score (nSPS) is 12.6. The van der Waals surface area contributed by atoms with E-state index in [0.717, 1.165) is 46.1 Å². The van der Waals surface area contributed by atoms with E-state index in [9.17, 15) is 4.79 Å². The molecule has 170 valence electrons. The molecule has 9 nitrogen and oxygen atoms in total. The molecule has 4 aromatic heterocycles. The Morgan fingerprint density at radius 1 is 1.27 bits per heavy atom. The number of carbonyl (C=O) groups excluding carboxylic acids is 1. The van der Waals surface area contributed by atoms with Gasteiger partial charge in [0.05, 0.1) is 22.0 Å². The van der Waals surface area contributed by atoms with Gasteiger partial charge < -0.3 is 5.32 Å². The maximum absolute atomic E-state index is 12.5. The van der Waals surface area contributed by atoms with Crippen molar-refractivity contribution in [3.8, 4) is 21.8 Å². The van der Waals surface area contributed by atoms with Gasteiger partial charge in [-0.1, -0.05) is 11.3 Å². The average Bonchev–Trinajstić information content (AvgIpc) is 3.52. The molecule has 0 saturated heterocycles. The number of nitrogens with zero attached hydrogens (tertiary/aromatic N) is 7. The number of pyridine rings is 1. The molecule has 4 heterocycles. The van der Waals surface area contributed by atoms with Crippen molar-refractivity contribution in [1.82, 2.24) is 34.5 Å². The summed E-state index contributed by atoms with van der Waals surface area (Å²) in [6, 6.07) is 4.31. The van der Waals surface area contributed by atoms with Gasteiger partial charge in [0, 0.05) is 42.0 Å². The van der Waals surface area contributed by atoms with E-state index < -0.39 is 0 Å². The topological polar surface area (TPSA) is 103 Å². The number of aryl methyl sites for hydroxylation is 3. The summed E-state index contributed by atoms with van der Waals surface area (Å²) in [5.74, 6) is -0.0368. The molecule has 5 rings (SSSR count). The molecule has 1 aliphatic rings. The van der Waals surface area contributed by atoms with Crippen LogP contribution in [0, 0.1) is 6.92 Å². The number of hydrogen-bond donors (Lipinski definition) is 1. The standard InChI is InChI=1S/C23H26N8OS/c1-14(2)31-21-17(20(29-31)16-7-6-15(3)25-11-16)8-9-18-22(21)33-23(27-18)28-19(32)5-4-10-30-13-24-12-26-30/h6-7,11-14H,4-5,8-10H2,1-3H3,(H,27,28,32). The highest BCUT2D eigenvalue weighted by Crippen LogP contribution is 2.44. The fourth-order valence-corrected chi connectivity index (χ4v) is 5.19. The molecule has 0 aromatic carbocycles. The number of anilines is 1. The molecular formula is C23H26N8OS. The molecular weight excluding hydrogens is 436 g/mol. The second-order valence-corrected chi connectivity index (χ2v) is 9.51. The summed E-state index contributed by atoms with van der Waals surface area (Å²) in [4.78, 5) is 26.7. The Bertz CT molecular complexity index is 1270. The summed E-state index contributed by atoms with van der Waals surface area (Å²) in [5.41, 5.74) is 6.39. The first-order valence-corrected chi connectivity index (χ1v) is 12.0. The molecule has 0 unspecified atom stereocenters. The number of hydrogen-bond acceptors (Lipinski definition) is 7. The van der Waals surface area contributed by atoms with Crippen LogP contribution in [0.2, 0.25) is 0 Å². The Labute approximate surface area is 195 Å². The SMILES string of the molecule is Cc1ccc(-c2nn(C(C)C)c3c2CCc2nc(NC(=O)CCCn4cncn4)sc2-3)cn1. The van der Waals surface area contributed by atoms with Crippen LogP contribution in [0.4, 0.5) is 5.13 Å². The van der Waals surface area contributed by atoms with Gasteiger partial charge in [0.15, 0.2) is 5.13 Å². The minimum absolute atomic E-state index is 0.0368. The third kappa shape index (κ3) is 4.30. The molecule has 1 aliphatic carbocycles. The molecule has 0 spiro atoms. The van der Waals surface area contributed by atoms with Crippen molar-refractivity contribution < 1.29 is 4.79 Å². The van der Waals surface area contributed by atoms with Crippen molar-refractivity contribution >= 4 is 22.4 Å². The van der Waals surface area contributed by atoms with Gasteiger partial charge in [-0.3, -0.25) is 19.1 Å². The first-order chi connectivity index (χ1) is 16.0. The van der Waals surface area contributed by atoms with Crippen LogP contribution in [0.25, 0.3) is 21.8 Å². The van der Waals surface area contributed by atoms with E-state index in [4.69, 9.17) is 10.1 Å². The van der Waals surface area contributed by atoms with Crippen molar-refractivity contribution in [1.29, 1.82) is 0 Å². The lowest BCUT2D eigenvalue weighted by Crippen LogP contribution is -2.12. The molecule has 10 heteroatoms. The number of fused-ring (bicyclic) bond motifs is 3. The number of amides is 1. The molecule has 4 aromatic rings. The van der Waals surface area contributed by atoms with Crippen LogP contribution in [-0.4, -0.2) is 40.4 Å². The largest absolute Gasteiger partial charge is 0.302 e. The summed E-state index contributed by atoms with van der Waals surface area (Å²) in [6.07, 6.45) is 7.85. The fourth-order valence-electron chi connectivity index (χ4n) is 4.09. The van der Waals surface area contributed by atoms with E-state index in [0.29, 0.717) is 24.5 Å². The van der Waals surface area contributed by atoms with E-state index in [1.54, 1.807) is 11.0 Å². The van der Waals surface area contributed by atoms with Gasteiger partial charge >= 0.3 is 0 Å². The minimum Gasteiger partial charge on any atom is -0.302 e. The quantitative estimate of drug-likeness (QED) is 0.444. The Kier molecular flexibility index (Phi) is 5.76. The van der Waals surface area contributed by atoms with Crippen LogP contribution in [0.15, 0.2) is 31.0 Å². The number of aromatic nitrogens is 7. The Morgan fingerprint density at radius 3 is 2.88 bits per heavy atom. The summed E-state index contributed by atoms with van der Waals surface area (Å²) >= 11 is 1.53. The summed E-state index contributed by atoms with van der Waals surface area (Å²) in [7, 11) is 0. The van der Waals surface area contributed by atoms with Crippen LogP contribution in [0.3, 0.4) is 0 Å². The Hall–Kier alpha value is -3.40. The highest BCUT2D eigenvalue weighted by Gasteiger charge is 2.30. The highest BCUT2D eigenvalue weighted by atomic mass is 32.1. The summed E-state index contributed by atoms with van der Waals surface area (Å²) in [5, 5.41) is 12.7. The Balaban J connectivity index is 1.39. The van der Waals surface area contributed by atoms with Gasteiger partial charge in [-0.2, -0.15) is 10.2 Å². The molecule has 0 atom stereocenters. The van der Waals surface area contributed by atoms with Gasteiger partial charge in [-0.15, -0.1) is 0 Å². The number of rotatable bonds is 7. The van der Waals surface area contributed by atoms with Crippen LogP contribution >= 0.6 is 11.3 Å². The van der Waals surface area contributed by atoms with Crippen LogP contribution in [0.5, 0.6) is 0 Å². The van der Waals surface area contributed by atoms with E-state index in [2.05, 4.69) is 45.0 Å². The molecule has 0 radical (unpaired) electrons. The average molecular weight is 463 g/mol. The second-order valence-electron chi connectivity index (χ2n) is 8.51. The van der Waals surface area contributed by atoms with Crippen molar-refractivity contribution in [2.75, 3.05) is 5.32 Å². The van der Waals surface area contributed by atoms with Crippen LogP contribution in [-0.2, 0) is 24.2 Å². The summed E-state index contributed by atoms with van der Waals surface area (Å²) < 4.78 is 3.82. The van der Waals surface area contributed by atoms with E-state index >= 15 is 0 Å². The van der Waals surface area contributed by atoms with E-state index in [-0.39, 0.29) is 11.9 Å². The first kappa shape index (κ1) is 21.4. The summed E-state index contributed by atoms with van der Waals surface area (Å²) in [6.45, 7) is 6.92. The molecule has 0 bridgehead atoms. The fraction of sp³-hybridized carbons (Fsp3) is 0.391. The monoisotopic (exact) mass is 462 g/mol. The van der Waals surface area contributed by atoms with Crippen molar-refractivity contribution in [3.63, 3.8) is 0 Å². The molecule has 0 fully saturated rings. The minimum atomic E-state index is -0.0368.